The molecule has 10 nitrogen and oxygen atoms in total. The van der Waals surface area contributed by atoms with Crippen molar-refractivity contribution in [3.63, 3.8) is 0 Å². The number of tetrazole rings is 1. The van der Waals surface area contributed by atoms with Gasteiger partial charge in [-0.2, -0.15) is 4.80 Å². The molecule has 1 N–H and O–H groups in total. The largest absolute Gasteiger partial charge is 0.497 e. The summed E-state index contributed by atoms with van der Waals surface area (Å²) in [6, 6.07) is 18.2. The third-order valence-electron chi connectivity index (χ3n) is 6.65. The minimum atomic E-state index is -1.06. The molecule has 1 saturated heterocycles. The van der Waals surface area contributed by atoms with Crippen LogP contribution in [0.5, 0.6) is 5.75 Å². The Morgan fingerprint density at radius 3 is 2.66 bits per heavy atom. The summed E-state index contributed by atoms with van der Waals surface area (Å²) >= 11 is 6.15. The first-order valence-electron chi connectivity index (χ1n) is 13.1. The normalized spacial score (nSPS) is 15.3. The van der Waals surface area contributed by atoms with Crippen LogP contribution in [0.15, 0.2) is 72.8 Å². The summed E-state index contributed by atoms with van der Waals surface area (Å²) in [5, 5.41) is 15.8. The third-order valence-corrected chi connectivity index (χ3v) is 6.90. The summed E-state index contributed by atoms with van der Waals surface area (Å²) < 4.78 is 24.4. The van der Waals surface area contributed by atoms with Crippen LogP contribution < -0.4 is 15.0 Å². The second-order valence-electron chi connectivity index (χ2n) is 9.45. The van der Waals surface area contributed by atoms with Crippen LogP contribution in [0.2, 0.25) is 5.02 Å². The molecule has 2 atom stereocenters. The topological polar surface area (TPSA) is 111 Å². The second kappa shape index (κ2) is 12.9. The van der Waals surface area contributed by atoms with Crippen molar-refractivity contribution in [2.75, 3.05) is 25.2 Å². The Hall–Kier alpha value is -4.35. The van der Waals surface area contributed by atoms with Gasteiger partial charge in [-0.1, -0.05) is 29.8 Å². The highest BCUT2D eigenvalue weighted by Crippen LogP contribution is 2.31. The highest BCUT2D eigenvalue weighted by atomic mass is 35.5. The lowest BCUT2D eigenvalue weighted by molar-refractivity contribution is -0.127. The molecule has 1 aliphatic rings. The van der Waals surface area contributed by atoms with Gasteiger partial charge < -0.3 is 14.8 Å². The van der Waals surface area contributed by atoms with Crippen LogP contribution in [0, 0.1) is 5.82 Å². The SMILES string of the molecule is COc1cccc(N(C(=O)Cn2nnc(-c3ccc(F)cc3)n2)[C@@H](C(=O)NC[C@@H]2CCCO2)c2ccc(Cl)cc2)c1. The fourth-order valence-electron chi connectivity index (χ4n) is 4.60. The minimum Gasteiger partial charge on any atom is -0.497 e. The molecule has 0 spiro atoms. The van der Waals surface area contributed by atoms with Crippen molar-refractivity contribution in [1.82, 2.24) is 25.5 Å². The Bertz CT molecular complexity index is 1490. The number of rotatable bonds is 10. The summed E-state index contributed by atoms with van der Waals surface area (Å²) in [7, 11) is 1.52. The Morgan fingerprint density at radius 1 is 1.17 bits per heavy atom. The molecule has 212 valence electrons. The van der Waals surface area contributed by atoms with Crippen molar-refractivity contribution in [3.05, 3.63) is 89.2 Å². The summed E-state index contributed by atoms with van der Waals surface area (Å²) in [4.78, 5) is 30.4. The van der Waals surface area contributed by atoms with Crippen molar-refractivity contribution in [1.29, 1.82) is 0 Å². The van der Waals surface area contributed by atoms with Gasteiger partial charge in [0.25, 0.3) is 5.91 Å². The van der Waals surface area contributed by atoms with E-state index in [4.69, 9.17) is 21.1 Å². The lowest BCUT2D eigenvalue weighted by Gasteiger charge is -2.32. The zero-order valence-electron chi connectivity index (χ0n) is 22.2. The van der Waals surface area contributed by atoms with Gasteiger partial charge in [-0.25, -0.2) is 4.39 Å². The van der Waals surface area contributed by atoms with Gasteiger partial charge in [0, 0.05) is 35.5 Å². The molecular formula is C29H28ClFN6O4. The lowest BCUT2D eigenvalue weighted by atomic mass is 10.0. The number of amides is 2. The highest BCUT2D eigenvalue weighted by molar-refractivity contribution is 6.30. The molecule has 3 aromatic carbocycles. The fourth-order valence-corrected chi connectivity index (χ4v) is 4.72. The molecule has 4 aromatic rings. The first kappa shape index (κ1) is 28.2. The molecule has 1 aromatic heterocycles. The van der Waals surface area contributed by atoms with Crippen LogP contribution in [-0.2, 0) is 20.9 Å². The zero-order chi connectivity index (χ0) is 28.8. The molecule has 0 radical (unpaired) electrons. The van der Waals surface area contributed by atoms with E-state index in [0.717, 1.165) is 17.6 Å². The molecule has 1 aliphatic heterocycles. The van der Waals surface area contributed by atoms with Gasteiger partial charge in [0.05, 0.1) is 13.2 Å². The Kier molecular flexibility index (Phi) is 8.85. The zero-order valence-corrected chi connectivity index (χ0v) is 23.0. The number of nitrogens with zero attached hydrogens (tertiary/aromatic N) is 5. The van der Waals surface area contributed by atoms with Gasteiger partial charge in [0.15, 0.2) is 0 Å². The summed E-state index contributed by atoms with van der Waals surface area (Å²) in [6.45, 7) is 0.642. The summed E-state index contributed by atoms with van der Waals surface area (Å²) in [5.74, 6) is -0.524. The number of hydrogen-bond acceptors (Lipinski definition) is 7. The van der Waals surface area contributed by atoms with E-state index >= 15 is 0 Å². The van der Waals surface area contributed by atoms with E-state index in [2.05, 4.69) is 20.7 Å². The quantitative estimate of drug-likeness (QED) is 0.300. The standard InChI is InChI=1S/C29H28ClFN6O4/c1-40-24-5-2-4-23(16-24)37(26(38)18-36-34-28(33-35-36)20-9-13-22(31)14-10-20)27(19-7-11-21(30)12-8-19)29(39)32-17-25-6-3-15-41-25/h2,4-5,7-14,16,25,27H,3,6,15,17-18H2,1H3,(H,32,39)/t25-,27+/m0/s1. The number of anilines is 1. The molecule has 0 saturated carbocycles. The smallest absolute Gasteiger partial charge is 0.251 e. The van der Waals surface area contributed by atoms with Gasteiger partial charge >= 0.3 is 0 Å². The summed E-state index contributed by atoms with van der Waals surface area (Å²) in [5.41, 5.74) is 1.52. The molecule has 0 unspecified atom stereocenters. The number of carbonyl (C=O) groups is 2. The van der Waals surface area contributed by atoms with Crippen LogP contribution >= 0.6 is 11.6 Å². The predicted octanol–water partition coefficient (Wildman–Crippen LogP) is 4.21. The van der Waals surface area contributed by atoms with E-state index in [1.165, 1.54) is 36.3 Å². The van der Waals surface area contributed by atoms with E-state index in [9.17, 15) is 14.0 Å². The number of methoxy groups -OCH3 is 1. The van der Waals surface area contributed by atoms with E-state index in [0.29, 0.717) is 40.7 Å². The molecule has 1 fully saturated rings. The second-order valence-corrected chi connectivity index (χ2v) is 9.89. The van der Waals surface area contributed by atoms with Crippen molar-refractivity contribution < 1.29 is 23.5 Å². The van der Waals surface area contributed by atoms with Crippen molar-refractivity contribution in [3.8, 4) is 17.1 Å². The molecule has 5 rings (SSSR count). The monoisotopic (exact) mass is 578 g/mol. The van der Waals surface area contributed by atoms with Crippen molar-refractivity contribution in [2.24, 2.45) is 0 Å². The van der Waals surface area contributed by atoms with Crippen LogP contribution in [0.1, 0.15) is 24.4 Å². The number of aromatic nitrogens is 4. The van der Waals surface area contributed by atoms with Gasteiger partial charge in [-0.3, -0.25) is 14.5 Å². The van der Waals surface area contributed by atoms with E-state index in [1.54, 1.807) is 48.5 Å². The van der Waals surface area contributed by atoms with Crippen molar-refractivity contribution in [2.45, 2.75) is 31.5 Å². The maximum Gasteiger partial charge on any atom is 0.251 e. The van der Waals surface area contributed by atoms with Gasteiger partial charge in [0.2, 0.25) is 11.7 Å². The van der Waals surface area contributed by atoms with E-state index in [-0.39, 0.29) is 18.5 Å². The number of nitrogens with one attached hydrogen (secondary N) is 1. The molecule has 2 amide bonds. The average molecular weight is 579 g/mol. The van der Waals surface area contributed by atoms with Crippen LogP contribution in [0.3, 0.4) is 0 Å². The van der Waals surface area contributed by atoms with Crippen molar-refractivity contribution >= 4 is 29.1 Å². The summed E-state index contributed by atoms with van der Waals surface area (Å²) in [6.07, 6.45) is 1.69. The first-order valence-corrected chi connectivity index (χ1v) is 13.4. The molecular weight excluding hydrogens is 551 g/mol. The highest BCUT2D eigenvalue weighted by Gasteiger charge is 2.34. The maximum absolute atomic E-state index is 14.0. The number of carbonyl (C=O) groups excluding carboxylic acids is 2. The molecule has 2 heterocycles. The van der Waals surface area contributed by atoms with Crippen LogP contribution in [-0.4, -0.2) is 58.4 Å². The Balaban J connectivity index is 1.49. The molecule has 0 aliphatic carbocycles. The molecule has 41 heavy (non-hydrogen) atoms. The first-order chi connectivity index (χ1) is 19.9. The fraction of sp³-hybridized carbons (Fsp3) is 0.276. The number of halogens is 2. The van der Waals surface area contributed by atoms with Gasteiger partial charge in [0.1, 0.15) is 24.2 Å². The number of ether oxygens (including phenoxy) is 2. The number of benzene rings is 3. The lowest BCUT2D eigenvalue weighted by Crippen LogP contribution is -2.46. The van der Waals surface area contributed by atoms with Crippen LogP contribution in [0.25, 0.3) is 11.4 Å². The van der Waals surface area contributed by atoms with Gasteiger partial charge in [-0.15, -0.1) is 10.2 Å². The Labute approximate surface area is 241 Å². The van der Waals surface area contributed by atoms with E-state index in [1.807, 2.05) is 0 Å². The average Bonchev–Trinajstić information content (AvgIpc) is 3.68. The predicted molar refractivity (Wildman–Crippen MR) is 150 cm³/mol. The third kappa shape index (κ3) is 6.87. The van der Waals surface area contributed by atoms with Gasteiger partial charge in [-0.05, 0) is 72.1 Å². The minimum absolute atomic E-state index is 0.0879. The molecule has 0 bridgehead atoms. The van der Waals surface area contributed by atoms with Crippen LogP contribution in [0.4, 0.5) is 10.1 Å². The Morgan fingerprint density at radius 2 is 1.95 bits per heavy atom. The molecule has 12 heteroatoms. The maximum atomic E-state index is 14.0. The van der Waals surface area contributed by atoms with E-state index < -0.39 is 23.7 Å². The number of hydrogen-bond donors (Lipinski definition) is 1.